The smallest absolute Gasteiger partial charge is 0.462 e. The van der Waals surface area contributed by atoms with Gasteiger partial charge in [0.2, 0.25) is 0 Å². The largest absolute Gasteiger partial charge is 0.472 e. The van der Waals surface area contributed by atoms with Crippen LogP contribution in [0.5, 0.6) is 0 Å². The third-order valence-corrected chi connectivity index (χ3v) is 21.3. The minimum atomic E-state index is -4.96. The van der Waals surface area contributed by atoms with Crippen LogP contribution in [0.2, 0.25) is 0 Å². The first-order chi connectivity index (χ1) is 49.2. The van der Waals surface area contributed by atoms with E-state index >= 15 is 0 Å². The molecule has 17 nitrogen and oxygen atoms in total. The Kier molecular flexibility index (Phi) is 74.8. The molecule has 5 atom stereocenters. The van der Waals surface area contributed by atoms with Gasteiger partial charge in [-0.1, -0.05) is 394 Å². The van der Waals surface area contributed by atoms with E-state index in [1.54, 1.807) is 0 Å². The van der Waals surface area contributed by atoms with Crippen LogP contribution in [0.4, 0.5) is 0 Å². The van der Waals surface area contributed by atoms with Gasteiger partial charge >= 0.3 is 39.5 Å². The first-order valence-corrected chi connectivity index (χ1v) is 45.8. The molecule has 0 aromatic carbocycles. The van der Waals surface area contributed by atoms with Gasteiger partial charge in [0, 0.05) is 25.7 Å². The van der Waals surface area contributed by atoms with Crippen molar-refractivity contribution in [1.82, 2.24) is 0 Å². The average Bonchev–Trinajstić information content (AvgIpc) is 1.12. The van der Waals surface area contributed by atoms with E-state index in [2.05, 4.69) is 27.7 Å². The lowest BCUT2D eigenvalue weighted by molar-refractivity contribution is -0.161. The number of hydrogen-bond donors (Lipinski definition) is 3. The minimum Gasteiger partial charge on any atom is -0.462 e. The van der Waals surface area contributed by atoms with Crippen LogP contribution in [0.25, 0.3) is 0 Å². The maximum absolute atomic E-state index is 13.1. The van der Waals surface area contributed by atoms with Crippen LogP contribution in [0.1, 0.15) is 445 Å². The lowest BCUT2D eigenvalue weighted by Gasteiger charge is -2.21. The molecule has 0 saturated heterocycles. The van der Waals surface area contributed by atoms with Crippen LogP contribution in [0.15, 0.2) is 0 Å². The van der Waals surface area contributed by atoms with E-state index in [0.29, 0.717) is 25.7 Å². The van der Waals surface area contributed by atoms with Crippen molar-refractivity contribution < 1.29 is 80.2 Å². The SMILES string of the molecule is CCCCCCCCCCCCCCCCCCCCCCCCC(=O)O[C@H](COC(=O)CCCCCCCCCCCCCCCCCC)COP(=O)(O)OC[C@@H](O)COP(=O)(O)OC[C@@H](COC(=O)CCCCCCCCCCCCC)OC(=O)CCCCCCCCCCCCCC. The van der Waals surface area contributed by atoms with Gasteiger partial charge in [-0.05, 0) is 25.7 Å². The summed E-state index contributed by atoms with van der Waals surface area (Å²) >= 11 is 0. The molecule has 0 amide bonds. The van der Waals surface area contributed by atoms with Crippen LogP contribution in [-0.4, -0.2) is 96.7 Å². The molecule has 0 radical (unpaired) electrons. The maximum atomic E-state index is 13.1. The highest BCUT2D eigenvalue weighted by Gasteiger charge is 2.30. The predicted octanol–water partition coefficient (Wildman–Crippen LogP) is 25.0. The van der Waals surface area contributed by atoms with E-state index in [1.165, 1.54) is 276 Å². The van der Waals surface area contributed by atoms with E-state index in [4.69, 9.17) is 37.0 Å². The molecule has 0 aromatic heterocycles. The Morgan fingerprint density at radius 2 is 0.396 bits per heavy atom. The number of carbonyl (C=O) groups excluding carboxylic acids is 4. The van der Waals surface area contributed by atoms with Crippen molar-refractivity contribution in [2.45, 2.75) is 463 Å². The standard InChI is InChI=1S/C82H160O17P2/c1-5-9-13-17-21-25-29-32-34-36-37-38-39-40-41-43-45-49-53-57-61-65-69-82(87)99-78(73-93-80(85)67-63-59-55-51-48-44-42-35-33-30-26-22-18-14-10-6-2)75-97-101(90,91)95-71-76(83)70-94-100(88,89)96-74-77(72-92-79(84)66-62-58-54-50-46-28-24-20-16-12-8-4)98-81(86)68-64-60-56-52-47-31-27-23-19-15-11-7-3/h76-78,83H,5-75H2,1-4H3,(H,88,89)(H,90,91)/t76-,77+,78+/m0/s1. The fourth-order valence-electron chi connectivity index (χ4n) is 12.8. The molecule has 0 aromatic rings. The first-order valence-electron chi connectivity index (χ1n) is 42.8. The lowest BCUT2D eigenvalue weighted by atomic mass is 10.0. The summed E-state index contributed by atoms with van der Waals surface area (Å²) in [5, 5.41) is 10.6. The highest BCUT2D eigenvalue weighted by molar-refractivity contribution is 7.47. The molecule has 0 aliphatic heterocycles. The quantitative estimate of drug-likeness (QED) is 0.0222. The molecule has 0 rings (SSSR count). The van der Waals surface area contributed by atoms with Crippen molar-refractivity contribution in [1.29, 1.82) is 0 Å². The number of rotatable bonds is 83. The van der Waals surface area contributed by atoms with Gasteiger partial charge in [0.05, 0.1) is 26.4 Å². The molecule has 0 saturated carbocycles. The molecule has 0 bridgehead atoms. The predicted molar refractivity (Wildman–Crippen MR) is 414 cm³/mol. The summed E-state index contributed by atoms with van der Waals surface area (Å²) in [6.07, 6.45) is 69.4. The number of phosphoric ester groups is 2. The summed E-state index contributed by atoms with van der Waals surface area (Å²) in [6, 6.07) is 0. The zero-order chi connectivity index (χ0) is 73.9. The van der Waals surface area contributed by atoms with Crippen molar-refractivity contribution in [2.75, 3.05) is 39.6 Å². The Hall–Kier alpha value is -1.94. The van der Waals surface area contributed by atoms with E-state index in [1.807, 2.05) is 0 Å². The van der Waals surface area contributed by atoms with Gasteiger partial charge in [0.15, 0.2) is 12.2 Å². The summed E-state index contributed by atoms with van der Waals surface area (Å²) in [6.45, 7) is 5.03. The van der Waals surface area contributed by atoms with Crippen LogP contribution in [0, 0.1) is 0 Å². The van der Waals surface area contributed by atoms with Crippen molar-refractivity contribution >= 4 is 39.5 Å². The lowest BCUT2D eigenvalue weighted by Crippen LogP contribution is -2.30. The van der Waals surface area contributed by atoms with Crippen molar-refractivity contribution in [3.63, 3.8) is 0 Å². The number of carbonyl (C=O) groups is 4. The zero-order valence-corrected chi connectivity index (χ0v) is 67.7. The Morgan fingerprint density at radius 3 is 0.584 bits per heavy atom. The Bertz CT molecular complexity index is 1910. The summed E-state index contributed by atoms with van der Waals surface area (Å²) in [5.74, 6) is -2.10. The van der Waals surface area contributed by atoms with Crippen LogP contribution in [0.3, 0.4) is 0 Å². The monoisotopic (exact) mass is 1480 g/mol. The van der Waals surface area contributed by atoms with E-state index in [0.717, 1.165) is 89.9 Å². The average molecular weight is 1480 g/mol. The molecule has 101 heavy (non-hydrogen) atoms. The molecule has 0 heterocycles. The first kappa shape index (κ1) is 99.1. The number of unbranched alkanes of at least 4 members (excludes halogenated alkanes) is 57. The second kappa shape index (κ2) is 76.3. The topological polar surface area (TPSA) is 237 Å². The van der Waals surface area contributed by atoms with E-state index in [-0.39, 0.29) is 25.7 Å². The Morgan fingerprint density at radius 1 is 0.238 bits per heavy atom. The molecule has 3 N–H and O–H groups in total. The number of aliphatic hydroxyl groups excluding tert-OH is 1. The molecule has 0 aliphatic carbocycles. The number of esters is 4. The number of hydrogen-bond acceptors (Lipinski definition) is 15. The maximum Gasteiger partial charge on any atom is 0.472 e. The second-order valence-electron chi connectivity index (χ2n) is 29.5. The molecule has 2 unspecified atom stereocenters. The van der Waals surface area contributed by atoms with Gasteiger partial charge in [-0.3, -0.25) is 37.3 Å². The minimum absolute atomic E-state index is 0.108. The number of phosphoric acid groups is 2. The highest BCUT2D eigenvalue weighted by atomic mass is 31.2. The summed E-state index contributed by atoms with van der Waals surface area (Å²) in [7, 11) is -9.92. The molecule has 0 fully saturated rings. The number of ether oxygens (including phenoxy) is 4. The van der Waals surface area contributed by atoms with Crippen LogP contribution in [-0.2, 0) is 65.4 Å². The normalized spacial score (nSPS) is 13.8. The Balaban J connectivity index is 5.20. The van der Waals surface area contributed by atoms with Crippen LogP contribution >= 0.6 is 15.6 Å². The molecule has 19 heteroatoms. The fraction of sp³-hybridized carbons (Fsp3) is 0.951. The van der Waals surface area contributed by atoms with Gasteiger partial charge < -0.3 is 33.8 Å². The Labute approximate surface area is 619 Å². The van der Waals surface area contributed by atoms with Crippen molar-refractivity contribution in [3.8, 4) is 0 Å². The van der Waals surface area contributed by atoms with Crippen LogP contribution < -0.4 is 0 Å². The van der Waals surface area contributed by atoms with Gasteiger partial charge in [0.25, 0.3) is 0 Å². The van der Waals surface area contributed by atoms with Crippen molar-refractivity contribution in [2.24, 2.45) is 0 Å². The molecular formula is C82H160O17P2. The van der Waals surface area contributed by atoms with Gasteiger partial charge in [0.1, 0.15) is 19.3 Å². The molecular weight excluding hydrogens is 1320 g/mol. The van der Waals surface area contributed by atoms with Gasteiger partial charge in [-0.2, -0.15) is 0 Å². The highest BCUT2D eigenvalue weighted by Crippen LogP contribution is 2.45. The zero-order valence-electron chi connectivity index (χ0n) is 65.9. The van der Waals surface area contributed by atoms with Gasteiger partial charge in [-0.15, -0.1) is 0 Å². The van der Waals surface area contributed by atoms with E-state index < -0.39 is 97.5 Å². The summed E-state index contributed by atoms with van der Waals surface area (Å²) in [4.78, 5) is 73.0. The summed E-state index contributed by atoms with van der Waals surface area (Å²) < 4.78 is 68.7. The fourth-order valence-corrected chi connectivity index (χ4v) is 14.4. The third-order valence-electron chi connectivity index (χ3n) is 19.4. The third kappa shape index (κ3) is 76.1. The molecule has 0 aliphatic rings. The second-order valence-corrected chi connectivity index (χ2v) is 32.4. The van der Waals surface area contributed by atoms with Crippen molar-refractivity contribution in [3.05, 3.63) is 0 Å². The van der Waals surface area contributed by atoms with Gasteiger partial charge in [-0.25, -0.2) is 9.13 Å². The van der Waals surface area contributed by atoms with E-state index in [9.17, 15) is 43.2 Å². The molecule has 600 valence electrons. The summed E-state index contributed by atoms with van der Waals surface area (Å²) in [5.41, 5.74) is 0. The number of aliphatic hydroxyl groups is 1. The molecule has 0 spiro atoms.